The molecule has 0 radical (unpaired) electrons. The van der Waals surface area contributed by atoms with Gasteiger partial charge in [0.2, 0.25) is 0 Å². The quantitative estimate of drug-likeness (QED) is 0.681. The van der Waals surface area contributed by atoms with Crippen LogP contribution >= 0.6 is 0 Å². The maximum absolute atomic E-state index is 11.1. The lowest BCUT2D eigenvalue weighted by molar-refractivity contribution is 0.151. The minimum atomic E-state index is -0.313. The lowest BCUT2D eigenvalue weighted by Crippen LogP contribution is -2.36. The zero-order valence-corrected chi connectivity index (χ0v) is 7.92. The molecule has 0 aliphatic heterocycles. The standard InChI is InChI=1S/C10H17NO2/c1-2-8-13-10(12)11-9-6-4-3-5-7-9/h2,9H,1,3-8H2,(H,11,12). The van der Waals surface area contributed by atoms with Crippen LogP contribution in [0.15, 0.2) is 12.7 Å². The van der Waals surface area contributed by atoms with E-state index in [0.29, 0.717) is 12.6 Å². The van der Waals surface area contributed by atoms with E-state index < -0.39 is 0 Å². The summed E-state index contributed by atoms with van der Waals surface area (Å²) in [6.45, 7) is 3.76. The van der Waals surface area contributed by atoms with Gasteiger partial charge < -0.3 is 10.1 Å². The molecule has 1 amide bonds. The van der Waals surface area contributed by atoms with Gasteiger partial charge in [-0.15, -0.1) is 0 Å². The number of rotatable bonds is 3. The molecule has 1 saturated carbocycles. The number of hydrogen-bond donors (Lipinski definition) is 1. The molecular formula is C10H17NO2. The zero-order valence-electron chi connectivity index (χ0n) is 7.92. The Bertz CT molecular complexity index is 174. The number of amides is 1. The van der Waals surface area contributed by atoms with Crippen LogP contribution < -0.4 is 5.32 Å². The van der Waals surface area contributed by atoms with Gasteiger partial charge in [-0.2, -0.15) is 0 Å². The number of alkyl carbamates (subject to hydrolysis) is 1. The van der Waals surface area contributed by atoms with Gasteiger partial charge >= 0.3 is 6.09 Å². The average Bonchev–Trinajstić information content (AvgIpc) is 2.16. The third kappa shape index (κ3) is 3.97. The van der Waals surface area contributed by atoms with Crippen molar-refractivity contribution in [2.24, 2.45) is 0 Å². The van der Waals surface area contributed by atoms with Crippen LogP contribution in [-0.2, 0) is 4.74 Å². The Balaban J connectivity index is 2.14. The van der Waals surface area contributed by atoms with Crippen LogP contribution in [0.25, 0.3) is 0 Å². The molecule has 0 unspecified atom stereocenters. The van der Waals surface area contributed by atoms with Crippen molar-refractivity contribution < 1.29 is 9.53 Å². The van der Waals surface area contributed by atoms with Crippen molar-refractivity contribution in [2.45, 2.75) is 38.1 Å². The second-order valence-electron chi connectivity index (χ2n) is 3.37. The van der Waals surface area contributed by atoms with Crippen LogP contribution in [0.3, 0.4) is 0 Å². The smallest absolute Gasteiger partial charge is 0.407 e. The van der Waals surface area contributed by atoms with Gasteiger partial charge in [0, 0.05) is 6.04 Å². The number of carbonyl (C=O) groups is 1. The van der Waals surface area contributed by atoms with E-state index in [1.807, 2.05) is 0 Å². The van der Waals surface area contributed by atoms with Crippen molar-refractivity contribution in [2.75, 3.05) is 6.61 Å². The summed E-state index contributed by atoms with van der Waals surface area (Å²) in [4.78, 5) is 11.1. The number of hydrogen-bond acceptors (Lipinski definition) is 2. The summed E-state index contributed by atoms with van der Waals surface area (Å²) in [5, 5.41) is 2.84. The Morgan fingerprint density at radius 3 is 2.77 bits per heavy atom. The topological polar surface area (TPSA) is 38.3 Å². The molecule has 0 atom stereocenters. The molecule has 3 heteroatoms. The monoisotopic (exact) mass is 183 g/mol. The van der Waals surface area contributed by atoms with Crippen LogP contribution in [0.1, 0.15) is 32.1 Å². The maximum Gasteiger partial charge on any atom is 0.407 e. The highest BCUT2D eigenvalue weighted by Gasteiger charge is 2.15. The SMILES string of the molecule is C=CCOC(=O)NC1CCCCC1. The molecule has 0 aromatic rings. The molecule has 1 aliphatic rings. The first kappa shape index (κ1) is 10.1. The molecule has 74 valence electrons. The van der Waals surface area contributed by atoms with Gasteiger partial charge in [-0.25, -0.2) is 4.79 Å². The fraction of sp³-hybridized carbons (Fsp3) is 0.700. The first-order valence-electron chi connectivity index (χ1n) is 4.87. The van der Waals surface area contributed by atoms with Crippen LogP contribution in [0.5, 0.6) is 0 Å². The van der Waals surface area contributed by atoms with Crippen LogP contribution in [0.2, 0.25) is 0 Å². The number of carbonyl (C=O) groups excluding carboxylic acids is 1. The predicted molar refractivity (Wildman–Crippen MR) is 51.6 cm³/mol. The zero-order chi connectivity index (χ0) is 9.52. The van der Waals surface area contributed by atoms with Crippen molar-refractivity contribution >= 4 is 6.09 Å². The first-order valence-corrected chi connectivity index (χ1v) is 4.87. The van der Waals surface area contributed by atoms with Gasteiger partial charge in [0.15, 0.2) is 0 Å². The third-order valence-electron chi connectivity index (χ3n) is 2.26. The minimum absolute atomic E-state index is 0.290. The molecule has 3 nitrogen and oxygen atoms in total. The Morgan fingerprint density at radius 2 is 2.15 bits per heavy atom. The fourth-order valence-electron chi connectivity index (χ4n) is 1.59. The maximum atomic E-state index is 11.1. The van der Waals surface area contributed by atoms with Crippen molar-refractivity contribution in [3.05, 3.63) is 12.7 Å². The van der Waals surface area contributed by atoms with E-state index in [0.717, 1.165) is 12.8 Å². The summed E-state index contributed by atoms with van der Waals surface area (Å²) in [5.41, 5.74) is 0. The summed E-state index contributed by atoms with van der Waals surface area (Å²) in [6, 6.07) is 0.325. The highest BCUT2D eigenvalue weighted by Crippen LogP contribution is 2.17. The lowest BCUT2D eigenvalue weighted by Gasteiger charge is -2.22. The number of ether oxygens (including phenoxy) is 1. The molecule has 0 bridgehead atoms. The van der Waals surface area contributed by atoms with E-state index in [4.69, 9.17) is 4.74 Å². The molecule has 0 saturated heterocycles. The molecule has 1 fully saturated rings. The summed E-state index contributed by atoms with van der Waals surface area (Å²) in [5.74, 6) is 0. The van der Waals surface area contributed by atoms with E-state index in [1.54, 1.807) is 6.08 Å². The van der Waals surface area contributed by atoms with Crippen LogP contribution in [0.4, 0.5) is 4.79 Å². The van der Waals surface area contributed by atoms with E-state index in [-0.39, 0.29) is 6.09 Å². The molecule has 0 spiro atoms. The van der Waals surface area contributed by atoms with Crippen LogP contribution in [-0.4, -0.2) is 18.7 Å². The Hall–Kier alpha value is -0.990. The minimum Gasteiger partial charge on any atom is -0.445 e. The summed E-state index contributed by atoms with van der Waals surface area (Å²) < 4.78 is 4.83. The Kier molecular flexibility index (Phi) is 4.36. The van der Waals surface area contributed by atoms with Crippen molar-refractivity contribution in [1.82, 2.24) is 5.32 Å². The number of nitrogens with one attached hydrogen (secondary N) is 1. The second-order valence-corrected chi connectivity index (χ2v) is 3.37. The normalized spacial score (nSPS) is 17.8. The first-order chi connectivity index (χ1) is 6.33. The predicted octanol–water partition coefficient (Wildman–Crippen LogP) is 2.23. The summed E-state index contributed by atoms with van der Waals surface area (Å²) in [7, 11) is 0. The van der Waals surface area contributed by atoms with Gasteiger partial charge in [-0.3, -0.25) is 0 Å². The molecule has 1 N–H and O–H groups in total. The van der Waals surface area contributed by atoms with Crippen molar-refractivity contribution in [3.8, 4) is 0 Å². The van der Waals surface area contributed by atoms with Gasteiger partial charge in [0.25, 0.3) is 0 Å². The molecule has 0 aromatic heterocycles. The lowest BCUT2D eigenvalue weighted by atomic mass is 9.96. The molecular weight excluding hydrogens is 166 g/mol. The highest BCUT2D eigenvalue weighted by atomic mass is 16.5. The molecule has 1 rings (SSSR count). The van der Waals surface area contributed by atoms with Crippen molar-refractivity contribution in [3.63, 3.8) is 0 Å². The Morgan fingerprint density at radius 1 is 1.46 bits per heavy atom. The molecule has 0 heterocycles. The molecule has 13 heavy (non-hydrogen) atoms. The largest absolute Gasteiger partial charge is 0.445 e. The van der Waals surface area contributed by atoms with Gasteiger partial charge in [-0.05, 0) is 12.8 Å². The van der Waals surface area contributed by atoms with Gasteiger partial charge in [0.1, 0.15) is 6.61 Å². The van der Waals surface area contributed by atoms with E-state index in [9.17, 15) is 4.79 Å². The van der Waals surface area contributed by atoms with Crippen LogP contribution in [0, 0.1) is 0 Å². The summed E-state index contributed by atoms with van der Waals surface area (Å²) in [6.07, 6.45) is 7.15. The van der Waals surface area contributed by atoms with E-state index in [2.05, 4.69) is 11.9 Å². The van der Waals surface area contributed by atoms with E-state index >= 15 is 0 Å². The van der Waals surface area contributed by atoms with Gasteiger partial charge in [0.05, 0.1) is 0 Å². The third-order valence-corrected chi connectivity index (χ3v) is 2.26. The van der Waals surface area contributed by atoms with Crippen molar-refractivity contribution in [1.29, 1.82) is 0 Å². The summed E-state index contributed by atoms with van der Waals surface area (Å²) >= 11 is 0. The average molecular weight is 183 g/mol. The molecule has 0 aromatic carbocycles. The molecule has 1 aliphatic carbocycles. The Labute approximate surface area is 79.2 Å². The van der Waals surface area contributed by atoms with E-state index in [1.165, 1.54) is 19.3 Å². The fourth-order valence-corrected chi connectivity index (χ4v) is 1.59. The highest BCUT2D eigenvalue weighted by molar-refractivity contribution is 5.67. The van der Waals surface area contributed by atoms with Gasteiger partial charge in [-0.1, -0.05) is 31.9 Å². The second kappa shape index (κ2) is 5.62.